The predicted molar refractivity (Wildman–Crippen MR) is 50.1 cm³/mol. The number of rotatable bonds is 1. The molecule has 0 amide bonds. The Morgan fingerprint density at radius 3 is 2.77 bits per heavy atom. The smallest absolute Gasteiger partial charge is 0.197 e. The van der Waals surface area contributed by atoms with Crippen LogP contribution in [0, 0.1) is 0 Å². The van der Waals surface area contributed by atoms with Crippen LogP contribution in [-0.4, -0.2) is 19.6 Å². The van der Waals surface area contributed by atoms with Crippen LogP contribution in [0.1, 0.15) is 12.0 Å². The van der Waals surface area contributed by atoms with Crippen molar-refractivity contribution in [2.24, 2.45) is 0 Å². The van der Waals surface area contributed by atoms with Gasteiger partial charge in [-0.15, -0.1) is 0 Å². The third kappa shape index (κ3) is 1.58. The molecule has 13 heavy (non-hydrogen) atoms. The molecule has 0 saturated heterocycles. The van der Waals surface area contributed by atoms with Crippen LogP contribution in [0.4, 0.5) is 0 Å². The first kappa shape index (κ1) is 8.68. The number of hydrogen-bond acceptors (Lipinski definition) is 3. The molecule has 2 aromatic heterocycles. The normalized spacial score (nSPS) is 11.4. The topological polar surface area (TPSA) is 57.8 Å². The van der Waals surface area contributed by atoms with Gasteiger partial charge in [0.05, 0.1) is 0 Å². The van der Waals surface area contributed by atoms with Crippen LogP contribution in [0.2, 0.25) is 0 Å². The molecule has 0 aliphatic rings. The summed E-state index contributed by atoms with van der Waals surface area (Å²) in [5.74, 6) is 0. The Labute approximate surface area is 82.6 Å². The molecule has 2 rings (SSSR count). The summed E-state index contributed by atoms with van der Waals surface area (Å²) in [6.45, 7) is 0. The van der Waals surface area contributed by atoms with Gasteiger partial charge in [0.15, 0.2) is 6.29 Å². The quantitative estimate of drug-likeness (QED) is 0.737. The van der Waals surface area contributed by atoms with Crippen LogP contribution in [0.3, 0.4) is 0 Å². The second kappa shape index (κ2) is 3.10. The molecule has 0 bridgehead atoms. The minimum Gasteiger partial charge on any atom is -0.363 e. The van der Waals surface area contributed by atoms with Crippen molar-refractivity contribution in [1.82, 2.24) is 9.38 Å². The zero-order valence-electron chi connectivity index (χ0n) is 6.55. The average Bonchev–Trinajstić information content (AvgIpc) is 2.46. The van der Waals surface area contributed by atoms with E-state index in [-0.39, 0.29) is 5.69 Å². The zero-order chi connectivity index (χ0) is 9.42. The van der Waals surface area contributed by atoms with Gasteiger partial charge in [0.2, 0.25) is 0 Å². The van der Waals surface area contributed by atoms with Gasteiger partial charge >= 0.3 is 0 Å². The lowest BCUT2D eigenvalue weighted by Gasteiger charge is -1.93. The lowest BCUT2D eigenvalue weighted by molar-refractivity contribution is -0.0454. The number of imidazole rings is 1. The Balaban J connectivity index is 2.62. The predicted octanol–water partition coefficient (Wildman–Crippen LogP) is 1.08. The van der Waals surface area contributed by atoms with E-state index < -0.39 is 6.29 Å². The van der Waals surface area contributed by atoms with Crippen molar-refractivity contribution in [3.63, 3.8) is 0 Å². The van der Waals surface area contributed by atoms with Crippen molar-refractivity contribution in [2.75, 3.05) is 0 Å². The summed E-state index contributed by atoms with van der Waals surface area (Å²) in [5, 5.41) is 17.7. The molecule has 4 nitrogen and oxygen atoms in total. The lowest BCUT2D eigenvalue weighted by atomic mass is 10.5. The summed E-state index contributed by atoms with van der Waals surface area (Å²) in [4.78, 5) is 4.00. The standard InChI is InChI=1S/C8H7BrN2O2/c9-5-1-2-7-10-6(8(12)13)4-11(7)3-5/h1-4,8,12-13H. The van der Waals surface area contributed by atoms with Gasteiger partial charge in [0.1, 0.15) is 11.3 Å². The molecule has 0 aliphatic heterocycles. The summed E-state index contributed by atoms with van der Waals surface area (Å²) in [5.41, 5.74) is 0.935. The number of fused-ring (bicyclic) bond motifs is 1. The molecule has 2 heterocycles. The maximum Gasteiger partial charge on any atom is 0.197 e. The molecule has 0 atom stereocenters. The summed E-state index contributed by atoms with van der Waals surface area (Å²) >= 11 is 3.31. The van der Waals surface area contributed by atoms with E-state index in [9.17, 15) is 0 Å². The van der Waals surface area contributed by atoms with Gasteiger partial charge < -0.3 is 14.6 Å². The van der Waals surface area contributed by atoms with Crippen LogP contribution >= 0.6 is 15.9 Å². The molecule has 2 aromatic rings. The van der Waals surface area contributed by atoms with E-state index in [2.05, 4.69) is 20.9 Å². The second-order valence-corrected chi connectivity index (χ2v) is 3.57. The minimum atomic E-state index is -1.52. The Bertz CT molecular complexity index is 439. The first-order valence-electron chi connectivity index (χ1n) is 3.67. The fraction of sp³-hybridized carbons (Fsp3) is 0.125. The molecule has 0 aliphatic carbocycles. The molecule has 0 aromatic carbocycles. The molecular formula is C8H7BrN2O2. The minimum absolute atomic E-state index is 0.248. The molecular weight excluding hydrogens is 236 g/mol. The van der Waals surface area contributed by atoms with Crippen LogP contribution in [0.25, 0.3) is 5.65 Å². The Morgan fingerprint density at radius 2 is 2.08 bits per heavy atom. The number of nitrogens with zero attached hydrogens (tertiary/aromatic N) is 2. The molecule has 0 saturated carbocycles. The van der Waals surface area contributed by atoms with Crippen LogP contribution in [-0.2, 0) is 0 Å². The molecule has 0 radical (unpaired) electrons. The SMILES string of the molecule is OC(O)c1cn2cc(Br)ccc2n1. The van der Waals surface area contributed by atoms with Gasteiger partial charge in [-0.2, -0.15) is 0 Å². The fourth-order valence-corrected chi connectivity index (χ4v) is 1.46. The number of aromatic nitrogens is 2. The summed E-state index contributed by atoms with van der Waals surface area (Å²) in [6.07, 6.45) is 1.86. The van der Waals surface area contributed by atoms with Gasteiger partial charge in [-0.3, -0.25) is 0 Å². The van der Waals surface area contributed by atoms with E-state index >= 15 is 0 Å². The van der Waals surface area contributed by atoms with E-state index in [0.717, 1.165) is 4.47 Å². The van der Waals surface area contributed by atoms with Crippen molar-refractivity contribution in [2.45, 2.75) is 6.29 Å². The lowest BCUT2D eigenvalue weighted by Crippen LogP contribution is -1.93. The monoisotopic (exact) mass is 242 g/mol. The highest BCUT2D eigenvalue weighted by Gasteiger charge is 2.07. The molecule has 5 heteroatoms. The second-order valence-electron chi connectivity index (χ2n) is 2.65. The number of aliphatic hydroxyl groups excluding tert-OH is 1. The van der Waals surface area contributed by atoms with Gasteiger partial charge in [0, 0.05) is 16.9 Å². The van der Waals surface area contributed by atoms with E-state index in [1.807, 2.05) is 6.07 Å². The molecule has 0 fully saturated rings. The van der Waals surface area contributed by atoms with Crippen molar-refractivity contribution in [3.05, 3.63) is 34.7 Å². The van der Waals surface area contributed by atoms with Crippen LogP contribution < -0.4 is 0 Å². The summed E-state index contributed by atoms with van der Waals surface area (Å²) in [7, 11) is 0. The van der Waals surface area contributed by atoms with Gasteiger partial charge in [-0.1, -0.05) is 0 Å². The number of halogens is 1. The number of hydrogen-bond donors (Lipinski definition) is 2. The van der Waals surface area contributed by atoms with Gasteiger partial charge in [-0.05, 0) is 28.1 Å². The maximum absolute atomic E-state index is 8.86. The van der Waals surface area contributed by atoms with E-state index in [0.29, 0.717) is 5.65 Å². The molecule has 0 unspecified atom stereocenters. The maximum atomic E-state index is 8.86. The first-order chi connectivity index (χ1) is 6.16. The summed E-state index contributed by atoms with van der Waals surface area (Å²) < 4.78 is 2.63. The molecule has 2 N–H and O–H groups in total. The first-order valence-corrected chi connectivity index (χ1v) is 4.46. The Hall–Kier alpha value is -0.910. The highest BCUT2D eigenvalue weighted by Crippen LogP contribution is 2.14. The molecule has 68 valence electrons. The van der Waals surface area contributed by atoms with Crippen molar-refractivity contribution in [3.8, 4) is 0 Å². The Morgan fingerprint density at radius 1 is 1.31 bits per heavy atom. The van der Waals surface area contributed by atoms with E-state index in [4.69, 9.17) is 10.2 Å². The summed E-state index contributed by atoms with van der Waals surface area (Å²) in [6, 6.07) is 3.63. The Kier molecular flexibility index (Phi) is 2.07. The average molecular weight is 243 g/mol. The third-order valence-electron chi connectivity index (χ3n) is 1.70. The van der Waals surface area contributed by atoms with Gasteiger partial charge in [0.25, 0.3) is 0 Å². The number of aliphatic hydroxyl groups is 2. The fourth-order valence-electron chi connectivity index (χ4n) is 1.11. The van der Waals surface area contributed by atoms with Crippen molar-refractivity contribution < 1.29 is 10.2 Å². The van der Waals surface area contributed by atoms with Crippen LogP contribution in [0.15, 0.2) is 29.0 Å². The zero-order valence-corrected chi connectivity index (χ0v) is 8.14. The third-order valence-corrected chi connectivity index (χ3v) is 2.17. The van der Waals surface area contributed by atoms with Gasteiger partial charge in [-0.25, -0.2) is 4.98 Å². The highest BCUT2D eigenvalue weighted by molar-refractivity contribution is 9.10. The van der Waals surface area contributed by atoms with Crippen molar-refractivity contribution >= 4 is 21.6 Å². The van der Waals surface area contributed by atoms with E-state index in [1.165, 1.54) is 0 Å². The highest BCUT2D eigenvalue weighted by atomic mass is 79.9. The van der Waals surface area contributed by atoms with Crippen LogP contribution in [0.5, 0.6) is 0 Å². The largest absolute Gasteiger partial charge is 0.363 e. The molecule has 0 spiro atoms. The number of pyridine rings is 1. The van der Waals surface area contributed by atoms with E-state index in [1.54, 1.807) is 22.9 Å². The van der Waals surface area contributed by atoms with Crippen molar-refractivity contribution in [1.29, 1.82) is 0 Å².